The van der Waals surface area contributed by atoms with E-state index in [0.717, 1.165) is 0 Å². The molecule has 22 heavy (non-hydrogen) atoms. The molecule has 0 atom stereocenters. The molecule has 0 unspecified atom stereocenters. The number of carboxylic acid groups (broad SMARTS) is 1. The first-order valence-electron chi connectivity index (χ1n) is 6.68. The van der Waals surface area contributed by atoms with Gasteiger partial charge in [0.2, 0.25) is 5.91 Å². The van der Waals surface area contributed by atoms with Gasteiger partial charge in [-0.2, -0.15) is 0 Å². The third-order valence-corrected chi connectivity index (χ3v) is 3.32. The molecule has 0 aliphatic carbocycles. The monoisotopic (exact) mass is 305 g/mol. The number of hydrogen-bond acceptors (Lipinski definition) is 3. The molecule has 0 saturated heterocycles. The molecule has 116 valence electrons. The van der Waals surface area contributed by atoms with Crippen molar-refractivity contribution >= 4 is 11.9 Å². The molecule has 2 rings (SSSR count). The van der Waals surface area contributed by atoms with Gasteiger partial charge < -0.3 is 14.4 Å². The molecular weight excluding hydrogens is 289 g/mol. The van der Waals surface area contributed by atoms with Crippen LogP contribution < -0.4 is 0 Å². The minimum absolute atomic E-state index is 0.0609. The molecule has 1 heterocycles. The lowest BCUT2D eigenvalue weighted by Crippen LogP contribution is -2.27. The van der Waals surface area contributed by atoms with Crippen molar-refractivity contribution in [2.24, 2.45) is 0 Å². The molecule has 5 nitrogen and oxygen atoms in total. The van der Waals surface area contributed by atoms with Gasteiger partial charge in [0.25, 0.3) is 0 Å². The normalized spacial score (nSPS) is 10.5. The SMILES string of the molecule is Cc1oc(CN(C)C(=O)Cc2ccccc2F)cc1C(=O)O. The Balaban J connectivity index is 2.04. The Morgan fingerprint density at radius 3 is 2.59 bits per heavy atom. The number of halogens is 1. The summed E-state index contributed by atoms with van der Waals surface area (Å²) in [4.78, 5) is 24.4. The van der Waals surface area contributed by atoms with E-state index in [-0.39, 0.29) is 30.2 Å². The van der Waals surface area contributed by atoms with Crippen LogP contribution in [0.3, 0.4) is 0 Å². The number of nitrogens with zero attached hydrogens (tertiary/aromatic N) is 1. The minimum atomic E-state index is -1.08. The number of carbonyl (C=O) groups is 2. The van der Waals surface area contributed by atoms with Gasteiger partial charge in [0.1, 0.15) is 22.9 Å². The lowest BCUT2D eigenvalue weighted by molar-refractivity contribution is -0.130. The van der Waals surface area contributed by atoms with Crippen LogP contribution in [0.25, 0.3) is 0 Å². The quantitative estimate of drug-likeness (QED) is 0.922. The summed E-state index contributed by atoms with van der Waals surface area (Å²) >= 11 is 0. The zero-order valence-corrected chi connectivity index (χ0v) is 12.3. The fourth-order valence-electron chi connectivity index (χ4n) is 2.10. The zero-order valence-electron chi connectivity index (χ0n) is 12.3. The highest BCUT2D eigenvalue weighted by Gasteiger charge is 2.17. The molecule has 0 aliphatic heterocycles. The molecule has 0 spiro atoms. The predicted molar refractivity (Wildman–Crippen MR) is 77.0 cm³/mol. The van der Waals surface area contributed by atoms with E-state index in [1.807, 2.05) is 0 Å². The maximum atomic E-state index is 13.5. The first-order valence-corrected chi connectivity index (χ1v) is 6.68. The highest BCUT2D eigenvalue weighted by Crippen LogP contribution is 2.16. The average Bonchev–Trinajstić information content (AvgIpc) is 2.82. The van der Waals surface area contributed by atoms with Crippen molar-refractivity contribution in [2.75, 3.05) is 7.05 Å². The van der Waals surface area contributed by atoms with E-state index >= 15 is 0 Å². The predicted octanol–water partition coefficient (Wildman–Crippen LogP) is 2.63. The van der Waals surface area contributed by atoms with Crippen LogP contribution in [0.4, 0.5) is 4.39 Å². The standard InChI is InChI=1S/C16H16FNO4/c1-10-13(16(20)21)8-12(22-10)9-18(2)15(19)7-11-5-3-4-6-14(11)17/h3-6,8H,7,9H2,1-2H3,(H,20,21). The molecule has 0 bridgehead atoms. The summed E-state index contributed by atoms with van der Waals surface area (Å²) in [5.41, 5.74) is 0.395. The number of benzene rings is 1. The molecule has 1 N–H and O–H groups in total. The highest BCUT2D eigenvalue weighted by molar-refractivity contribution is 5.88. The fraction of sp³-hybridized carbons (Fsp3) is 0.250. The van der Waals surface area contributed by atoms with Gasteiger partial charge in [-0.05, 0) is 24.6 Å². The molecule has 1 amide bonds. The average molecular weight is 305 g/mol. The highest BCUT2D eigenvalue weighted by atomic mass is 19.1. The van der Waals surface area contributed by atoms with Crippen molar-refractivity contribution in [3.63, 3.8) is 0 Å². The largest absolute Gasteiger partial charge is 0.478 e. The van der Waals surface area contributed by atoms with E-state index in [2.05, 4.69) is 0 Å². The number of aromatic carboxylic acids is 1. The summed E-state index contributed by atoms with van der Waals surface area (Å²) in [5, 5.41) is 8.97. The van der Waals surface area contributed by atoms with E-state index in [1.165, 1.54) is 17.0 Å². The van der Waals surface area contributed by atoms with Gasteiger partial charge >= 0.3 is 5.97 Å². The lowest BCUT2D eigenvalue weighted by Gasteiger charge is -2.15. The Morgan fingerprint density at radius 1 is 1.32 bits per heavy atom. The Kier molecular flexibility index (Phi) is 4.60. The van der Waals surface area contributed by atoms with E-state index in [9.17, 15) is 14.0 Å². The van der Waals surface area contributed by atoms with Gasteiger partial charge in [-0.3, -0.25) is 4.79 Å². The van der Waals surface area contributed by atoms with Crippen molar-refractivity contribution < 1.29 is 23.5 Å². The van der Waals surface area contributed by atoms with Crippen LogP contribution >= 0.6 is 0 Å². The Morgan fingerprint density at radius 2 is 2.00 bits per heavy atom. The molecule has 0 fully saturated rings. The number of hydrogen-bond donors (Lipinski definition) is 1. The Labute approximate surface area is 127 Å². The number of carboxylic acids is 1. The van der Waals surface area contributed by atoms with E-state index < -0.39 is 11.8 Å². The first-order chi connectivity index (χ1) is 10.4. The molecule has 2 aromatic rings. The van der Waals surface area contributed by atoms with Crippen molar-refractivity contribution in [2.45, 2.75) is 19.9 Å². The second-order valence-corrected chi connectivity index (χ2v) is 5.01. The van der Waals surface area contributed by atoms with E-state index in [0.29, 0.717) is 11.3 Å². The summed E-state index contributed by atoms with van der Waals surface area (Å²) in [7, 11) is 1.56. The topological polar surface area (TPSA) is 70.8 Å². The van der Waals surface area contributed by atoms with Gasteiger partial charge in [0.05, 0.1) is 13.0 Å². The summed E-state index contributed by atoms with van der Waals surface area (Å²) in [5.74, 6) is -1.12. The Hall–Kier alpha value is -2.63. The van der Waals surface area contributed by atoms with Crippen molar-refractivity contribution in [3.05, 3.63) is 58.8 Å². The maximum Gasteiger partial charge on any atom is 0.339 e. The number of amides is 1. The maximum absolute atomic E-state index is 13.5. The van der Waals surface area contributed by atoms with Crippen LogP contribution in [0.15, 0.2) is 34.7 Å². The summed E-state index contributed by atoms with van der Waals surface area (Å²) < 4.78 is 18.9. The smallest absolute Gasteiger partial charge is 0.339 e. The van der Waals surface area contributed by atoms with Crippen LogP contribution in [-0.2, 0) is 17.8 Å². The summed E-state index contributed by atoms with van der Waals surface area (Å²) in [6.07, 6.45) is -0.0609. The van der Waals surface area contributed by atoms with E-state index in [1.54, 1.807) is 32.2 Å². The molecule has 6 heteroatoms. The zero-order chi connectivity index (χ0) is 16.3. The first kappa shape index (κ1) is 15.8. The van der Waals surface area contributed by atoms with Gasteiger partial charge in [-0.25, -0.2) is 9.18 Å². The number of likely N-dealkylation sites (N-methyl/N-ethyl adjacent to an activating group) is 1. The van der Waals surface area contributed by atoms with Crippen molar-refractivity contribution in [1.29, 1.82) is 0 Å². The fourth-order valence-corrected chi connectivity index (χ4v) is 2.10. The van der Waals surface area contributed by atoms with Gasteiger partial charge in [-0.1, -0.05) is 18.2 Å². The number of aryl methyl sites for hydroxylation is 1. The van der Waals surface area contributed by atoms with Crippen molar-refractivity contribution in [3.8, 4) is 0 Å². The molecule has 1 aromatic carbocycles. The summed E-state index contributed by atoms with van der Waals surface area (Å²) in [6.45, 7) is 1.68. The molecular formula is C16H16FNO4. The van der Waals surface area contributed by atoms with Crippen LogP contribution in [0.2, 0.25) is 0 Å². The second-order valence-electron chi connectivity index (χ2n) is 5.01. The Bertz CT molecular complexity index is 708. The second kappa shape index (κ2) is 6.43. The number of furan rings is 1. The van der Waals surface area contributed by atoms with Crippen molar-refractivity contribution in [1.82, 2.24) is 4.90 Å². The summed E-state index contributed by atoms with van der Waals surface area (Å²) in [6, 6.07) is 7.48. The third kappa shape index (κ3) is 3.52. The van der Waals surface area contributed by atoms with Crippen LogP contribution in [-0.4, -0.2) is 28.9 Å². The van der Waals surface area contributed by atoms with E-state index in [4.69, 9.17) is 9.52 Å². The van der Waals surface area contributed by atoms with Crippen LogP contribution in [0.5, 0.6) is 0 Å². The van der Waals surface area contributed by atoms with Crippen LogP contribution in [0.1, 0.15) is 27.4 Å². The third-order valence-electron chi connectivity index (χ3n) is 3.32. The van der Waals surface area contributed by atoms with Gasteiger partial charge in [0, 0.05) is 7.05 Å². The molecule has 0 saturated carbocycles. The van der Waals surface area contributed by atoms with Gasteiger partial charge in [0.15, 0.2) is 0 Å². The minimum Gasteiger partial charge on any atom is -0.478 e. The molecule has 0 radical (unpaired) electrons. The van der Waals surface area contributed by atoms with Gasteiger partial charge in [-0.15, -0.1) is 0 Å². The number of rotatable bonds is 5. The lowest BCUT2D eigenvalue weighted by atomic mass is 10.1. The molecule has 1 aromatic heterocycles. The molecule has 0 aliphatic rings. The number of carbonyl (C=O) groups excluding carboxylic acids is 1. The van der Waals surface area contributed by atoms with Crippen LogP contribution in [0, 0.1) is 12.7 Å².